The highest BCUT2D eigenvalue weighted by Gasteiger charge is 2.54. The Morgan fingerprint density at radius 1 is 1.61 bits per heavy atom. The molecule has 0 unspecified atom stereocenters. The Labute approximate surface area is 102 Å². The number of aliphatic hydroxyl groups is 1. The van der Waals surface area contributed by atoms with E-state index in [1.54, 1.807) is 6.92 Å². The zero-order chi connectivity index (χ0) is 12.9. The van der Waals surface area contributed by atoms with E-state index in [0.29, 0.717) is 18.6 Å². The molecule has 1 aromatic heterocycles. The minimum atomic E-state index is -0.710. The number of aliphatic hydroxyl groups excluding tert-OH is 1. The van der Waals surface area contributed by atoms with Crippen molar-refractivity contribution in [3.05, 3.63) is 32.6 Å². The lowest BCUT2D eigenvalue weighted by atomic mass is 10.0. The number of nitrogens with zero attached hydrogens (tertiary/aromatic N) is 1. The van der Waals surface area contributed by atoms with E-state index in [4.69, 9.17) is 9.47 Å². The molecule has 98 valence electrons. The highest BCUT2D eigenvalue weighted by atomic mass is 16.6. The number of fused-ring (bicyclic) bond motifs is 2. The first kappa shape index (κ1) is 11.6. The summed E-state index contributed by atoms with van der Waals surface area (Å²) in [5, 5.41) is 9.33. The summed E-state index contributed by atoms with van der Waals surface area (Å²) in [5.41, 5.74) is -1.21. The molecular formula is C11H14N2O5. The van der Waals surface area contributed by atoms with Gasteiger partial charge in [0, 0.05) is 18.2 Å². The van der Waals surface area contributed by atoms with Gasteiger partial charge in [-0.15, -0.1) is 0 Å². The van der Waals surface area contributed by atoms with E-state index in [-0.39, 0.29) is 12.7 Å². The Morgan fingerprint density at radius 2 is 2.39 bits per heavy atom. The van der Waals surface area contributed by atoms with Crippen molar-refractivity contribution in [2.24, 2.45) is 0 Å². The number of ether oxygens (including phenoxy) is 2. The van der Waals surface area contributed by atoms with Gasteiger partial charge < -0.3 is 14.6 Å². The van der Waals surface area contributed by atoms with Gasteiger partial charge in [-0.2, -0.15) is 0 Å². The molecule has 2 fully saturated rings. The summed E-state index contributed by atoms with van der Waals surface area (Å²) in [6.07, 6.45) is 1.16. The predicted molar refractivity (Wildman–Crippen MR) is 60.4 cm³/mol. The molecule has 2 aliphatic heterocycles. The number of hydrogen-bond donors (Lipinski definition) is 2. The number of aromatic nitrogens is 2. The molecule has 3 rings (SSSR count). The lowest BCUT2D eigenvalue weighted by Gasteiger charge is -2.29. The maximum atomic E-state index is 11.8. The molecule has 0 saturated carbocycles. The van der Waals surface area contributed by atoms with Gasteiger partial charge in [0.1, 0.15) is 11.7 Å². The van der Waals surface area contributed by atoms with E-state index in [1.807, 2.05) is 0 Å². The molecule has 1 aromatic rings. The van der Waals surface area contributed by atoms with Gasteiger partial charge >= 0.3 is 5.69 Å². The van der Waals surface area contributed by atoms with Crippen LogP contribution in [0.1, 0.15) is 18.2 Å². The van der Waals surface area contributed by atoms with Crippen LogP contribution in [0.3, 0.4) is 0 Å². The van der Waals surface area contributed by atoms with Crippen LogP contribution in [-0.4, -0.2) is 39.6 Å². The number of aromatic amines is 1. The fourth-order valence-electron chi connectivity index (χ4n) is 2.50. The largest absolute Gasteiger partial charge is 0.393 e. The summed E-state index contributed by atoms with van der Waals surface area (Å²) in [7, 11) is 0. The van der Waals surface area contributed by atoms with E-state index in [9.17, 15) is 14.7 Å². The molecule has 2 N–H and O–H groups in total. The molecular weight excluding hydrogens is 240 g/mol. The van der Waals surface area contributed by atoms with Crippen LogP contribution in [-0.2, 0) is 9.47 Å². The van der Waals surface area contributed by atoms with Crippen LogP contribution in [0.15, 0.2) is 15.8 Å². The van der Waals surface area contributed by atoms with Crippen molar-refractivity contribution in [3.63, 3.8) is 0 Å². The van der Waals surface area contributed by atoms with Crippen molar-refractivity contribution in [3.8, 4) is 0 Å². The van der Waals surface area contributed by atoms with E-state index < -0.39 is 23.1 Å². The normalized spacial score (nSPS) is 34.1. The Bertz CT molecular complexity index is 592. The summed E-state index contributed by atoms with van der Waals surface area (Å²) in [5.74, 6) is 0. The van der Waals surface area contributed by atoms with Gasteiger partial charge in [0.05, 0.1) is 13.2 Å². The third kappa shape index (κ3) is 1.55. The van der Waals surface area contributed by atoms with Crippen molar-refractivity contribution >= 4 is 0 Å². The molecule has 0 radical (unpaired) electrons. The highest BCUT2D eigenvalue weighted by Crippen LogP contribution is 2.43. The van der Waals surface area contributed by atoms with Gasteiger partial charge in [0.25, 0.3) is 5.56 Å². The van der Waals surface area contributed by atoms with Gasteiger partial charge in [0.2, 0.25) is 0 Å². The summed E-state index contributed by atoms with van der Waals surface area (Å²) in [6.45, 7) is 1.81. The molecule has 7 nitrogen and oxygen atoms in total. The van der Waals surface area contributed by atoms with Crippen LogP contribution in [0.2, 0.25) is 0 Å². The summed E-state index contributed by atoms with van der Waals surface area (Å²) >= 11 is 0. The van der Waals surface area contributed by atoms with Crippen molar-refractivity contribution in [2.45, 2.75) is 31.3 Å². The van der Waals surface area contributed by atoms with Crippen LogP contribution in [0, 0.1) is 6.92 Å². The zero-order valence-electron chi connectivity index (χ0n) is 9.88. The molecule has 2 bridgehead atoms. The Kier molecular flexibility index (Phi) is 2.44. The second-order valence-electron chi connectivity index (χ2n) is 4.88. The molecule has 0 aromatic carbocycles. The Balaban J connectivity index is 2.01. The highest BCUT2D eigenvalue weighted by molar-refractivity contribution is 5.05. The molecule has 2 saturated heterocycles. The average Bonchev–Trinajstić information content (AvgIpc) is 2.92. The summed E-state index contributed by atoms with van der Waals surface area (Å²) in [4.78, 5) is 25.3. The minimum Gasteiger partial charge on any atom is -0.393 e. The molecule has 7 heteroatoms. The number of nitrogens with one attached hydrogen (secondary N) is 1. The maximum Gasteiger partial charge on any atom is 0.330 e. The summed E-state index contributed by atoms with van der Waals surface area (Å²) < 4.78 is 12.5. The van der Waals surface area contributed by atoms with Gasteiger partial charge in [-0.25, -0.2) is 4.79 Å². The smallest absolute Gasteiger partial charge is 0.330 e. The first-order chi connectivity index (χ1) is 8.54. The maximum absolute atomic E-state index is 11.8. The minimum absolute atomic E-state index is 0.142. The monoisotopic (exact) mass is 254 g/mol. The van der Waals surface area contributed by atoms with Crippen molar-refractivity contribution in [1.82, 2.24) is 9.55 Å². The van der Waals surface area contributed by atoms with Crippen molar-refractivity contribution in [1.29, 1.82) is 0 Å². The number of rotatable bonds is 2. The average molecular weight is 254 g/mol. The number of aryl methyl sites for hydroxylation is 1. The second kappa shape index (κ2) is 3.78. The lowest BCUT2D eigenvalue weighted by Crippen LogP contribution is -2.42. The molecule has 3 heterocycles. The van der Waals surface area contributed by atoms with E-state index >= 15 is 0 Å². The molecule has 0 aliphatic carbocycles. The number of hydrogen-bond acceptors (Lipinski definition) is 5. The molecule has 3 atom stereocenters. The van der Waals surface area contributed by atoms with Gasteiger partial charge in [0.15, 0.2) is 6.23 Å². The van der Waals surface area contributed by atoms with E-state index in [0.717, 1.165) is 0 Å². The Hall–Kier alpha value is -1.44. The first-order valence-electron chi connectivity index (χ1n) is 5.77. The van der Waals surface area contributed by atoms with Crippen molar-refractivity contribution in [2.75, 3.05) is 13.2 Å². The lowest BCUT2D eigenvalue weighted by molar-refractivity contribution is -0.184. The topological polar surface area (TPSA) is 93.6 Å². The molecule has 0 spiro atoms. The Morgan fingerprint density at radius 3 is 3.06 bits per heavy atom. The molecule has 18 heavy (non-hydrogen) atoms. The predicted octanol–water partition coefficient (Wildman–Crippen LogP) is -1.11. The van der Waals surface area contributed by atoms with Crippen molar-refractivity contribution < 1.29 is 14.6 Å². The molecule has 0 amide bonds. The third-order valence-electron chi connectivity index (χ3n) is 3.53. The van der Waals surface area contributed by atoms with E-state index in [2.05, 4.69) is 4.98 Å². The van der Waals surface area contributed by atoms with Gasteiger partial charge in [-0.3, -0.25) is 14.3 Å². The standard InChI is InChI=1S/C11H14N2O5/c1-6-3-13(10(16)12-8(6)15)9-7-2-11(4-14,18-9)5-17-7/h3,7,9,14H,2,4-5H2,1H3,(H,12,15,16)/t7-,9-,11+/m1/s1. The second-order valence-corrected chi connectivity index (χ2v) is 4.88. The van der Waals surface area contributed by atoms with Crippen LogP contribution in [0.4, 0.5) is 0 Å². The van der Waals surface area contributed by atoms with Gasteiger partial charge in [-0.1, -0.05) is 0 Å². The fraction of sp³-hybridized carbons (Fsp3) is 0.636. The van der Waals surface area contributed by atoms with Crippen LogP contribution < -0.4 is 11.2 Å². The zero-order valence-corrected chi connectivity index (χ0v) is 9.88. The molecule has 2 aliphatic rings. The third-order valence-corrected chi connectivity index (χ3v) is 3.53. The number of H-pyrrole nitrogens is 1. The SMILES string of the molecule is Cc1cn([C@@H]2O[C@@]3(CO)CO[C@@H]2C3)c(=O)[nH]c1=O. The van der Waals surface area contributed by atoms with Crippen LogP contribution >= 0.6 is 0 Å². The van der Waals surface area contributed by atoms with Crippen LogP contribution in [0.25, 0.3) is 0 Å². The quantitative estimate of drug-likeness (QED) is 0.698. The van der Waals surface area contributed by atoms with E-state index in [1.165, 1.54) is 10.8 Å². The fourth-order valence-corrected chi connectivity index (χ4v) is 2.50. The summed E-state index contributed by atoms with van der Waals surface area (Å²) in [6, 6.07) is 0. The first-order valence-corrected chi connectivity index (χ1v) is 5.77. The van der Waals surface area contributed by atoms with Gasteiger partial charge in [-0.05, 0) is 6.92 Å². The van der Waals surface area contributed by atoms with Crippen LogP contribution in [0.5, 0.6) is 0 Å².